The standard InChI is InChI=1S/C16H24N2O2S.ClH/c1-12-11-17-9-8-16(12)18-21(19,20)15-7-6-13-4-2-3-5-14(13)10-15;/h6-7,10,12,16-18H,2-5,8-9,11H2,1H3;1H. The molecule has 22 heavy (non-hydrogen) atoms. The van der Waals surface area contributed by atoms with Gasteiger partial charge in [0.2, 0.25) is 10.0 Å². The molecule has 1 saturated heterocycles. The first kappa shape index (κ1) is 17.7. The first-order valence-corrected chi connectivity index (χ1v) is 9.39. The van der Waals surface area contributed by atoms with Crippen LogP contribution in [0, 0.1) is 5.92 Å². The summed E-state index contributed by atoms with van der Waals surface area (Å²) in [5.41, 5.74) is 2.53. The summed E-state index contributed by atoms with van der Waals surface area (Å²) < 4.78 is 28.1. The van der Waals surface area contributed by atoms with Gasteiger partial charge in [-0.05, 0) is 74.4 Å². The molecule has 0 aromatic heterocycles. The van der Waals surface area contributed by atoms with Crippen LogP contribution < -0.4 is 10.0 Å². The number of nitrogens with one attached hydrogen (secondary N) is 2. The maximum absolute atomic E-state index is 12.6. The van der Waals surface area contributed by atoms with Crippen molar-refractivity contribution in [1.82, 2.24) is 10.0 Å². The summed E-state index contributed by atoms with van der Waals surface area (Å²) in [5, 5.41) is 3.30. The van der Waals surface area contributed by atoms with Crippen LogP contribution in [0.4, 0.5) is 0 Å². The highest BCUT2D eigenvalue weighted by Crippen LogP contribution is 2.24. The summed E-state index contributed by atoms with van der Waals surface area (Å²) in [6.45, 7) is 3.84. The normalized spacial score (nSPS) is 25.1. The lowest BCUT2D eigenvalue weighted by Crippen LogP contribution is -2.48. The fraction of sp³-hybridized carbons (Fsp3) is 0.625. The van der Waals surface area contributed by atoms with E-state index < -0.39 is 10.0 Å². The Bertz CT molecular complexity index is 619. The van der Waals surface area contributed by atoms with E-state index in [1.807, 2.05) is 12.1 Å². The van der Waals surface area contributed by atoms with Gasteiger partial charge in [-0.25, -0.2) is 13.1 Å². The smallest absolute Gasteiger partial charge is 0.240 e. The SMILES string of the molecule is CC1CNCCC1NS(=O)(=O)c1ccc2c(c1)CCCC2.Cl. The van der Waals surface area contributed by atoms with Gasteiger partial charge >= 0.3 is 0 Å². The predicted molar refractivity (Wildman–Crippen MR) is 91.1 cm³/mol. The molecule has 1 heterocycles. The zero-order chi connectivity index (χ0) is 14.9. The van der Waals surface area contributed by atoms with Crippen molar-refractivity contribution in [1.29, 1.82) is 0 Å². The van der Waals surface area contributed by atoms with E-state index in [-0.39, 0.29) is 18.4 Å². The van der Waals surface area contributed by atoms with E-state index >= 15 is 0 Å². The minimum atomic E-state index is -3.40. The molecule has 2 N–H and O–H groups in total. The van der Waals surface area contributed by atoms with E-state index in [9.17, 15) is 8.42 Å². The Balaban J connectivity index is 0.00000176. The second-order valence-electron chi connectivity index (χ2n) is 6.34. The van der Waals surface area contributed by atoms with Crippen LogP contribution in [0.1, 0.15) is 37.3 Å². The van der Waals surface area contributed by atoms with E-state index in [0.29, 0.717) is 10.8 Å². The number of aryl methyl sites for hydroxylation is 2. The molecule has 2 atom stereocenters. The van der Waals surface area contributed by atoms with Crippen molar-refractivity contribution < 1.29 is 8.42 Å². The van der Waals surface area contributed by atoms with Crippen molar-refractivity contribution in [2.75, 3.05) is 13.1 Å². The number of sulfonamides is 1. The number of rotatable bonds is 3. The number of hydrogen-bond acceptors (Lipinski definition) is 3. The number of fused-ring (bicyclic) bond motifs is 1. The maximum Gasteiger partial charge on any atom is 0.240 e. The molecular formula is C16H25ClN2O2S. The molecule has 3 rings (SSSR count). The van der Waals surface area contributed by atoms with Crippen molar-refractivity contribution in [3.05, 3.63) is 29.3 Å². The van der Waals surface area contributed by atoms with Crippen LogP contribution >= 0.6 is 12.4 Å². The lowest BCUT2D eigenvalue weighted by atomic mass is 9.92. The van der Waals surface area contributed by atoms with Crippen molar-refractivity contribution in [2.24, 2.45) is 5.92 Å². The van der Waals surface area contributed by atoms with E-state index in [4.69, 9.17) is 0 Å². The third kappa shape index (κ3) is 3.82. The molecule has 1 aromatic carbocycles. The van der Waals surface area contributed by atoms with Crippen molar-refractivity contribution in [3.8, 4) is 0 Å². The van der Waals surface area contributed by atoms with Gasteiger partial charge < -0.3 is 5.32 Å². The molecule has 1 aromatic rings. The van der Waals surface area contributed by atoms with Crippen LogP contribution in [-0.2, 0) is 22.9 Å². The quantitative estimate of drug-likeness (QED) is 0.884. The summed E-state index contributed by atoms with van der Waals surface area (Å²) in [4.78, 5) is 0.425. The molecule has 2 aliphatic rings. The first-order chi connectivity index (χ1) is 10.1. The van der Waals surface area contributed by atoms with Crippen molar-refractivity contribution in [3.63, 3.8) is 0 Å². The Morgan fingerprint density at radius 3 is 2.64 bits per heavy atom. The molecular weight excluding hydrogens is 320 g/mol. The van der Waals surface area contributed by atoms with Gasteiger partial charge in [0.15, 0.2) is 0 Å². The van der Waals surface area contributed by atoms with Crippen molar-refractivity contribution in [2.45, 2.75) is 50.0 Å². The van der Waals surface area contributed by atoms with Gasteiger partial charge in [-0.3, -0.25) is 0 Å². The third-order valence-electron chi connectivity index (χ3n) is 4.72. The van der Waals surface area contributed by atoms with Gasteiger partial charge in [-0.2, -0.15) is 0 Å². The molecule has 124 valence electrons. The number of hydrogen-bond donors (Lipinski definition) is 2. The molecule has 0 radical (unpaired) electrons. The monoisotopic (exact) mass is 344 g/mol. The van der Waals surface area contributed by atoms with Crippen LogP contribution in [0.2, 0.25) is 0 Å². The largest absolute Gasteiger partial charge is 0.316 e. The molecule has 0 saturated carbocycles. The van der Waals surface area contributed by atoms with Gasteiger partial charge in [0.1, 0.15) is 0 Å². The minimum Gasteiger partial charge on any atom is -0.316 e. The summed E-state index contributed by atoms with van der Waals surface area (Å²) in [7, 11) is -3.40. The van der Waals surface area contributed by atoms with Gasteiger partial charge in [0.25, 0.3) is 0 Å². The number of benzene rings is 1. The third-order valence-corrected chi connectivity index (χ3v) is 6.21. The van der Waals surface area contributed by atoms with Gasteiger partial charge in [-0.15, -0.1) is 12.4 Å². The van der Waals surface area contributed by atoms with E-state index in [1.165, 1.54) is 17.5 Å². The second-order valence-corrected chi connectivity index (χ2v) is 8.05. The minimum absolute atomic E-state index is 0. The molecule has 1 aliphatic carbocycles. The fourth-order valence-corrected chi connectivity index (χ4v) is 4.76. The Morgan fingerprint density at radius 1 is 1.18 bits per heavy atom. The van der Waals surface area contributed by atoms with Crippen LogP contribution in [0.25, 0.3) is 0 Å². The van der Waals surface area contributed by atoms with E-state index in [1.54, 1.807) is 6.07 Å². The fourth-order valence-electron chi connectivity index (χ4n) is 3.33. The zero-order valence-corrected chi connectivity index (χ0v) is 14.6. The molecule has 2 unspecified atom stereocenters. The van der Waals surface area contributed by atoms with Gasteiger partial charge in [-0.1, -0.05) is 13.0 Å². The predicted octanol–water partition coefficient (Wildman–Crippen LogP) is 2.26. The lowest BCUT2D eigenvalue weighted by Gasteiger charge is -2.30. The Morgan fingerprint density at radius 2 is 1.91 bits per heavy atom. The maximum atomic E-state index is 12.6. The molecule has 0 spiro atoms. The summed E-state index contributed by atoms with van der Waals surface area (Å²) in [6.07, 6.45) is 5.31. The van der Waals surface area contributed by atoms with Crippen LogP contribution in [0.15, 0.2) is 23.1 Å². The van der Waals surface area contributed by atoms with Gasteiger partial charge in [0, 0.05) is 6.04 Å². The highest BCUT2D eigenvalue weighted by Gasteiger charge is 2.27. The van der Waals surface area contributed by atoms with Gasteiger partial charge in [0.05, 0.1) is 4.90 Å². The summed E-state index contributed by atoms with van der Waals surface area (Å²) >= 11 is 0. The first-order valence-electron chi connectivity index (χ1n) is 7.91. The van der Waals surface area contributed by atoms with E-state index in [2.05, 4.69) is 17.0 Å². The molecule has 6 heteroatoms. The molecule has 1 fully saturated rings. The molecule has 0 bridgehead atoms. The number of piperidine rings is 1. The summed E-state index contributed by atoms with van der Waals surface area (Å²) in [5.74, 6) is 0.325. The lowest BCUT2D eigenvalue weighted by molar-refractivity contribution is 0.328. The van der Waals surface area contributed by atoms with E-state index in [0.717, 1.165) is 38.8 Å². The average molecular weight is 345 g/mol. The molecule has 0 amide bonds. The number of halogens is 1. The highest BCUT2D eigenvalue weighted by molar-refractivity contribution is 7.89. The van der Waals surface area contributed by atoms with Crippen LogP contribution in [0.3, 0.4) is 0 Å². The molecule has 4 nitrogen and oxygen atoms in total. The van der Waals surface area contributed by atoms with Crippen LogP contribution in [-0.4, -0.2) is 27.5 Å². The van der Waals surface area contributed by atoms with Crippen LogP contribution in [0.5, 0.6) is 0 Å². The topological polar surface area (TPSA) is 58.2 Å². The van der Waals surface area contributed by atoms with Crippen molar-refractivity contribution >= 4 is 22.4 Å². The Kier molecular flexibility index (Phi) is 5.88. The average Bonchev–Trinajstić information content (AvgIpc) is 2.49. The Hall–Kier alpha value is -0.620. The zero-order valence-electron chi connectivity index (χ0n) is 13.0. The highest BCUT2D eigenvalue weighted by atomic mass is 35.5. The Labute approximate surface area is 139 Å². The molecule has 1 aliphatic heterocycles. The summed E-state index contributed by atoms with van der Waals surface area (Å²) in [6, 6.07) is 5.67. The second kappa shape index (κ2) is 7.30.